The Balaban J connectivity index is 1.07. The fraction of sp³-hybridized carbons (Fsp3) is 0.195. The van der Waals surface area contributed by atoms with E-state index in [0.29, 0.717) is 26.7 Å². The summed E-state index contributed by atoms with van der Waals surface area (Å²) in [5, 5.41) is 22.7. The zero-order valence-electron chi connectivity index (χ0n) is 34.3. The fourth-order valence-electron chi connectivity index (χ4n) is 5.91. The van der Waals surface area contributed by atoms with Crippen molar-refractivity contribution in [1.29, 1.82) is 0 Å². The number of nitro groups is 2. The van der Waals surface area contributed by atoms with Gasteiger partial charge in [-0.05, 0) is 79.2 Å². The highest BCUT2D eigenvalue weighted by molar-refractivity contribution is 8.00. The average molecular weight is 966 g/mol. The lowest BCUT2D eigenvalue weighted by molar-refractivity contribution is -0.385. The second-order valence-electron chi connectivity index (χ2n) is 13.7. The van der Waals surface area contributed by atoms with Crippen molar-refractivity contribution in [3.8, 4) is 11.5 Å². The fourth-order valence-corrected chi connectivity index (χ4v) is 10.3. The number of anilines is 3. The number of esters is 1. The number of fused-ring (bicyclic) bond motifs is 1. The molecule has 1 amide bonds. The van der Waals surface area contributed by atoms with Crippen LogP contribution in [0.1, 0.15) is 48.5 Å². The zero-order chi connectivity index (χ0) is 46.7. The number of nitrogens with one attached hydrogen (secondary N) is 4. The monoisotopic (exact) mass is 965 g/mol. The number of aromatic nitrogens is 1. The van der Waals surface area contributed by atoms with Gasteiger partial charge in [-0.2, -0.15) is 0 Å². The summed E-state index contributed by atoms with van der Waals surface area (Å²) in [7, 11) is -7.47. The lowest BCUT2D eigenvalue weighted by Gasteiger charge is -2.15. The van der Waals surface area contributed by atoms with E-state index in [1.807, 2.05) is 0 Å². The van der Waals surface area contributed by atoms with Crippen LogP contribution in [-0.4, -0.2) is 57.4 Å². The van der Waals surface area contributed by atoms with Gasteiger partial charge in [-0.1, -0.05) is 44.0 Å². The molecule has 1 aromatic heterocycles. The normalized spacial score (nSPS) is 11.4. The van der Waals surface area contributed by atoms with Gasteiger partial charge >= 0.3 is 12.1 Å². The first-order valence-corrected chi connectivity index (χ1v) is 24.1. The summed E-state index contributed by atoms with van der Waals surface area (Å²) in [6.45, 7) is 2.26. The Morgan fingerprint density at radius 1 is 0.769 bits per heavy atom. The predicted molar refractivity (Wildman–Crippen MR) is 244 cm³/mol. The van der Waals surface area contributed by atoms with E-state index < -0.39 is 46.9 Å². The maximum Gasteiger partial charge on any atom is 0.431 e. The largest absolute Gasteiger partial charge is 0.495 e. The van der Waals surface area contributed by atoms with E-state index in [0.717, 1.165) is 25.3 Å². The molecule has 6 aromatic rings. The third-order valence-corrected chi connectivity index (χ3v) is 14.1. The zero-order valence-corrected chi connectivity index (χ0v) is 37.6. The van der Waals surface area contributed by atoms with Gasteiger partial charge < -0.3 is 14.2 Å². The second kappa shape index (κ2) is 21.1. The highest BCUT2D eigenvalue weighted by Gasteiger charge is 2.24. The number of sulfonamides is 2. The van der Waals surface area contributed by atoms with Gasteiger partial charge in [0.2, 0.25) is 0 Å². The van der Waals surface area contributed by atoms with Crippen molar-refractivity contribution in [2.75, 3.05) is 28.6 Å². The number of non-ortho nitro benzene ring substituents is 2. The summed E-state index contributed by atoms with van der Waals surface area (Å²) in [5.74, 6) is -0.662. The minimum absolute atomic E-state index is 0.01000. The number of hydrogen-bond donors (Lipinski definition) is 4. The second-order valence-corrected chi connectivity index (χ2v) is 19.3. The van der Waals surface area contributed by atoms with E-state index in [-0.39, 0.29) is 62.6 Å². The molecule has 20 nitrogen and oxygen atoms in total. The number of unbranched alkanes of at least 4 members (excludes halogenated alkanes) is 3. The molecule has 0 aliphatic carbocycles. The van der Waals surface area contributed by atoms with Crippen molar-refractivity contribution in [2.24, 2.45) is 0 Å². The Morgan fingerprint density at radius 3 is 2.17 bits per heavy atom. The van der Waals surface area contributed by atoms with E-state index in [9.17, 15) is 46.7 Å². The molecule has 6 rings (SSSR count). The van der Waals surface area contributed by atoms with Crippen LogP contribution in [-0.2, 0) is 30.5 Å². The molecule has 0 saturated heterocycles. The molecule has 0 saturated carbocycles. The highest BCUT2D eigenvalue weighted by atomic mass is 32.2. The Bertz CT molecular complexity index is 2970. The minimum atomic E-state index is -4.40. The molecule has 0 aliphatic rings. The van der Waals surface area contributed by atoms with Crippen LogP contribution < -0.4 is 29.8 Å². The molecule has 0 unspecified atom stereocenters. The number of amides is 1. The summed E-state index contributed by atoms with van der Waals surface area (Å²) in [6.07, 6.45) is 2.61. The number of benzene rings is 5. The van der Waals surface area contributed by atoms with Crippen molar-refractivity contribution in [3.63, 3.8) is 0 Å². The van der Waals surface area contributed by atoms with Crippen molar-refractivity contribution in [3.05, 3.63) is 134 Å². The number of ether oxygens (including phenoxy) is 3. The number of nitro benzene ring substituents is 2. The minimum Gasteiger partial charge on any atom is -0.495 e. The van der Waals surface area contributed by atoms with Gasteiger partial charge in [0.25, 0.3) is 31.4 Å². The summed E-state index contributed by atoms with van der Waals surface area (Å²) in [6, 6.07) is 22.5. The van der Waals surface area contributed by atoms with E-state index in [1.54, 1.807) is 0 Å². The third-order valence-electron chi connectivity index (χ3n) is 9.13. The molecule has 0 atom stereocenters. The van der Waals surface area contributed by atoms with Gasteiger partial charge in [0.15, 0.2) is 4.34 Å². The van der Waals surface area contributed by atoms with Crippen LogP contribution in [0.2, 0.25) is 0 Å². The van der Waals surface area contributed by atoms with Gasteiger partial charge in [-0.25, -0.2) is 36.8 Å². The number of carbonyl (C=O) groups is 2. The molecule has 1 heterocycles. The number of nitrogens with zero attached hydrogens (tertiary/aromatic N) is 3. The molecule has 0 radical (unpaired) electrons. The van der Waals surface area contributed by atoms with Gasteiger partial charge in [0.1, 0.15) is 16.4 Å². The quantitative estimate of drug-likeness (QED) is 0.0172. The van der Waals surface area contributed by atoms with E-state index in [2.05, 4.69) is 32.2 Å². The van der Waals surface area contributed by atoms with Crippen molar-refractivity contribution in [2.45, 2.75) is 52.5 Å². The lowest BCUT2D eigenvalue weighted by atomic mass is 10.2. The van der Waals surface area contributed by atoms with Gasteiger partial charge in [-0.3, -0.25) is 35.1 Å². The summed E-state index contributed by atoms with van der Waals surface area (Å²) in [5.41, 5.74) is 5.74. The number of methoxy groups -OCH3 is 1. The first-order chi connectivity index (χ1) is 31.0. The van der Waals surface area contributed by atoms with E-state index in [4.69, 9.17) is 14.2 Å². The molecule has 5 aromatic carbocycles. The number of hydrogen-bond acceptors (Lipinski definition) is 17. The molecule has 0 aliphatic heterocycles. The maximum atomic E-state index is 13.6. The number of hydrazine groups is 1. The Kier molecular flexibility index (Phi) is 15.4. The molecule has 340 valence electrons. The van der Waals surface area contributed by atoms with E-state index in [1.165, 1.54) is 127 Å². The Hall–Kier alpha value is -7.02. The SMILES string of the molecule is CCCCCCOC(=O)c1cccc(S(=O)(=O)Nc2ccc(OC)c(S(=O)(=O)Nc3ccc(NNC(=O)Oc4ccc([N+](=O)[O-])cc4CSc4nc5ccc([N+](=O)[O-])cc5s4)cc3)c2)c1. The Morgan fingerprint density at radius 2 is 1.45 bits per heavy atom. The average Bonchev–Trinajstić information content (AvgIpc) is 3.70. The summed E-state index contributed by atoms with van der Waals surface area (Å²) < 4.78 is 75.8. The Labute approximate surface area is 380 Å². The number of thioether (sulfide) groups is 1. The topological polar surface area (TPSA) is 277 Å². The number of thiazole rings is 1. The van der Waals surface area contributed by atoms with Gasteiger partial charge in [-0.15, -0.1) is 11.3 Å². The molecule has 0 fully saturated rings. The van der Waals surface area contributed by atoms with Crippen LogP contribution in [0.4, 0.5) is 33.2 Å². The molecule has 0 spiro atoms. The number of rotatable bonds is 21. The van der Waals surface area contributed by atoms with Crippen LogP contribution in [0.25, 0.3) is 10.2 Å². The lowest BCUT2D eigenvalue weighted by Crippen LogP contribution is -2.32. The smallest absolute Gasteiger partial charge is 0.431 e. The van der Waals surface area contributed by atoms with Gasteiger partial charge in [0, 0.05) is 41.3 Å². The summed E-state index contributed by atoms with van der Waals surface area (Å²) in [4.78, 5) is 50.8. The third kappa shape index (κ3) is 12.6. The van der Waals surface area contributed by atoms with Crippen LogP contribution in [0, 0.1) is 20.2 Å². The molecule has 4 N–H and O–H groups in total. The van der Waals surface area contributed by atoms with Crippen molar-refractivity contribution in [1.82, 2.24) is 10.4 Å². The molecule has 65 heavy (non-hydrogen) atoms. The van der Waals surface area contributed by atoms with Crippen molar-refractivity contribution < 1.29 is 50.5 Å². The standard InChI is InChI=1S/C41H39N7O13S4/c1-3-4-5-6-20-60-39(49)26-8-7-9-33(22-26)64(55,56)46-30-14-18-36(59-2)38(23-30)65(57,58)45-29-12-10-28(11-13-29)43-44-40(50)61-35-19-16-31(47(51)52)21-27(35)25-62-41-42-34-17-15-32(48(53)54)24-37(34)63-41/h7-19,21-24,43,45-46H,3-6,20,25H2,1-2H3,(H,44,50). The van der Waals surface area contributed by atoms with Crippen LogP contribution in [0.3, 0.4) is 0 Å². The van der Waals surface area contributed by atoms with Crippen molar-refractivity contribution >= 4 is 93.9 Å². The first kappa shape index (κ1) is 47.5. The van der Waals surface area contributed by atoms with Crippen LogP contribution in [0.5, 0.6) is 11.5 Å². The number of carbonyl (C=O) groups excluding carboxylic acids is 2. The highest BCUT2D eigenvalue weighted by Crippen LogP contribution is 2.36. The summed E-state index contributed by atoms with van der Waals surface area (Å²) >= 11 is 2.39. The van der Waals surface area contributed by atoms with Crippen LogP contribution >= 0.6 is 23.1 Å². The maximum absolute atomic E-state index is 13.6. The molecular formula is C41H39N7O13S4. The molecule has 0 bridgehead atoms. The van der Waals surface area contributed by atoms with E-state index >= 15 is 0 Å². The van der Waals surface area contributed by atoms with Crippen LogP contribution in [0.15, 0.2) is 117 Å². The first-order valence-electron chi connectivity index (χ1n) is 19.3. The predicted octanol–water partition coefficient (Wildman–Crippen LogP) is 8.87. The molecule has 24 heteroatoms. The van der Waals surface area contributed by atoms with Gasteiger partial charge in [0.05, 0.1) is 55.6 Å². The molecular weight excluding hydrogens is 927 g/mol.